The van der Waals surface area contributed by atoms with Crippen LogP contribution in [0.3, 0.4) is 0 Å². The van der Waals surface area contributed by atoms with Gasteiger partial charge in [-0.1, -0.05) is 90.5 Å². The van der Waals surface area contributed by atoms with E-state index in [1.165, 1.54) is 0 Å². The highest BCUT2D eigenvalue weighted by Crippen LogP contribution is 2.55. The Labute approximate surface area is 187 Å². The van der Waals surface area contributed by atoms with Crippen molar-refractivity contribution >= 4 is 17.5 Å². The SMILES string of the molecule is Cc1ccc([C@H]2[C@H](C(=O)c3ccccc3)N3c4ccccc4C=C[C@H]3C2(C#N)C#N)cc1. The molecule has 0 amide bonds. The van der Waals surface area contributed by atoms with Crippen molar-refractivity contribution in [3.05, 3.63) is 107 Å². The van der Waals surface area contributed by atoms with Gasteiger partial charge < -0.3 is 4.90 Å². The Morgan fingerprint density at radius 3 is 2.25 bits per heavy atom. The lowest BCUT2D eigenvalue weighted by Gasteiger charge is -2.35. The molecule has 5 rings (SSSR count). The molecule has 0 unspecified atom stereocenters. The molecule has 0 N–H and O–H groups in total. The molecule has 1 fully saturated rings. The number of fused-ring (bicyclic) bond motifs is 3. The van der Waals surface area contributed by atoms with Crippen molar-refractivity contribution in [1.29, 1.82) is 10.5 Å². The van der Waals surface area contributed by atoms with Crippen LogP contribution >= 0.6 is 0 Å². The number of nitrogens with zero attached hydrogens (tertiary/aromatic N) is 3. The molecule has 0 bridgehead atoms. The number of hydrogen-bond acceptors (Lipinski definition) is 4. The number of hydrogen-bond donors (Lipinski definition) is 0. The van der Waals surface area contributed by atoms with Crippen LogP contribution < -0.4 is 4.90 Å². The van der Waals surface area contributed by atoms with Gasteiger partial charge in [-0.15, -0.1) is 0 Å². The molecule has 3 aromatic rings. The summed E-state index contributed by atoms with van der Waals surface area (Å²) in [5.74, 6) is -0.690. The van der Waals surface area contributed by atoms with Crippen molar-refractivity contribution in [2.75, 3.05) is 4.90 Å². The Morgan fingerprint density at radius 1 is 0.906 bits per heavy atom. The average Bonchev–Trinajstić information content (AvgIpc) is 3.15. The van der Waals surface area contributed by atoms with Crippen LogP contribution in [0.2, 0.25) is 0 Å². The lowest BCUT2D eigenvalue weighted by Crippen LogP contribution is -2.44. The van der Waals surface area contributed by atoms with Gasteiger partial charge in [0.15, 0.2) is 11.2 Å². The predicted octanol–water partition coefficient (Wildman–Crippen LogP) is 5.28. The molecule has 3 aromatic carbocycles. The van der Waals surface area contributed by atoms with Crippen molar-refractivity contribution in [2.24, 2.45) is 5.41 Å². The Hall–Kier alpha value is -4.15. The molecule has 1 saturated heterocycles. The number of nitriles is 2. The first kappa shape index (κ1) is 19.8. The number of rotatable bonds is 3. The first-order valence-electron chi connectivity index (χ1n) is 10.6. The predicted molar refractivity (Wildman–Crippen MR) is 124 cm³/mol. The summed E-state index contributed by atoms with van der Waals surface area (Å²) < 4.78 is 0. The third-order valence-electron chi connectivity index (χ3n) is 6.68. The van der Waals surface area contributed by atoms with Gasteiger partial charge in [0, 0.05) is 17.2 Å². The lowest BCUT2D eigenvalue weighted by molar-refractivity contribution is 0.0951. The van der Waals surface area contributed by atoms with E-state index in [2.05, 4.69) is 12.1 Å². The molecular weight excluding hydrogens is 394 g/mol. The monoisotopic (exact) mass is 415 g/mol. The van der Waals surface area contributed by atoms with Crippen LogP contribution in [0.25, 0.3) is 6.08 Å². The maximum absolute atomic E-state index is 14.0. The third kappa shape index (κ3) is 2.77. The maximum Gasteiger partial charge on any atom is 0.185 e. The Balaban J connectivity index is 1.79. The van der Waals surface area contributed by atoms with Gasteiger partial charge in [0.25, 0.3) is 0 Å². The summed E-state index contributed by atoms with van der Waals surface area (Å²) in [5.41, 5.74) is 2.93. The summed E-state index contributed by atoms with van der Waals surface area (Å²) in [7, 11) is 0. The van der Waals surface area contributed by atoms with Crippen LogP contribution in [0, 0.1) is 35.0 Å². The van der Waals surface area contributed by atoms with E-state index in [4.69, 9.17) is 0 Å². The summed E-state index contributed by atoms with van der Waals surface area (Å²) in [4.78, 5) is 16.0. The molecule has 2 aliphatic rings. The minimum Gasteiger partial charge on any atom is -0.351 e. The fraction of sp³-hybridized carbons (Fsp3) is 0.179. The lowest BCUT2D eigenvalue weighted by atomic mass is 9.69. The number of benzene rings is 3. The molecule has 0 saturated carbocycles. The van der Waals surface area contributed by atoms with Crippen LogP contribution in [-0.2, 0) is 0 Å². The quantitative estimate of drug-likeness (QED) is 0.546. The van der Waals surface area contributed by atoms with Gasteiger partial charge in [0.2, 0.25) is 0 Å². The van der Waals surface area contributed by atoms with Crippen molar-refractivity contribution < 1.29 is 4.79 Å². The zero-order valence-electron chi connectivity index (χ0n) is 17.6. The van der Waals surface area contributed by atoms with E-state index in [0.29, 0.717) is 5.56 Å². The normalized spacial score (nSPS) is 22.3. The second-order valence-electron chi connectivity index (χ2n) is 8.43. The largest absolute Gasteiger partial charge is 0.351 e. The van der Waals surface area contributed by atoms with Crippen LogP contribution in [0.15, 0.2) is 84.9 Å². The van der Waals surface area contributed by atoms with Gasteiger partial charge in [-0.05, 0) is 24.1 Å². The van der Waals surface area contributed by atoms with E-state index in [-0.39, 0.29) is 5.78 Å². The number of ketones is 1. The molecule has 0 spiro atoms. The molecule has 3 atom stereocenters. The first-order chi connectivity index (χ1) is 15.6. The van der Waals surface area contributed by atoms with Gasteiger partial charge in [0.05, 0.1) is 18.2 Å². The summed E-state index contributed by atoms with van der Waals surface area (Å²) in [5, 5.41) is 20.8. The zero-order chi connectivity index (χ0) is 22.3. The first-order valence-corrected chi connectivity index (χ1v) is 10.6. The molecule has 154 valence electrons. The van der Waals surface area contributed by atoms with E-state index in [0.717, 1.165) is 22.4 Å². The number of anilines is 1. The number of aryl methyl sites for hydroxylation is 1. The fourth-order valence-corrected chi connectivity index (χ4v) is 5.15. The minimum absolute atomic E-state index is 0.0846. The maximum atomic E-state index is 14.0. The summed E-state index contributed by atoms with van der Waals surface area (Å²) in [6.45, 7) is 2.00. The van der Waals surface area contributed by atoms with E-state index in [9.17, 15) is 15.3 Å². The topological polar surface area (TPSA) is 67.9 Å². The number of carbonyl (C=O) groups is 1. The van der Waals surface area contributed by atoms with Crippen molar-refractivity contribution in [3.8, 4) is 12.1 Å². The second-order valence-corrected chi connectivity index (χ2v) is 8.43. The summed E-state index contributed by atoms with van der Waals surface area (Å²) in [6.07, 6.45) is 3.87. The van der Waals surface area contributed by atoms with E-state index in [1.54, 1.807) is 12.1 Å². The van der Waals surface area contributed by atoms with E-state index in [1.807, 2.05) is 90.7 Å². The second kappa shape index (κ2) is 7.52. The van der Waals surface area contributed by atoms with Crippen LogP contribution in [0.5, 0.6) is 0 Å². The van der Waals surface area contributed by atoms with Crippen molar-refractivity contribution in [3.63, 3.8) is 0 Å². The molecule has 32 heavy (non-hydrogen) atoms. The summed E-state index contributed by atoms with van der Waals surface area (Å²) >= 11 is 0. The highest BCUT2D eigenvalue weighted by atomic mass is 16.1. The number of para-hydroxylation sites is 1. The van der Waals surface area contributed by atoms with Crippen molar-refractivity contribution in [1.82, 2.24) is 0 Å². The standard InChI is InChI=1S/C28H21N3O/c1-19-11-13-21(14-12-19)25-26(27(32)22-8-3-2-4-9-22)31-23-10-6-5-7-20(23)15-16-24(31)28(25,17-29)18-30/h2-16,24-26H,1H3/t24-,25-,26+/m0/s1. The van der Waals surface area contributed by atoms with Gasteiger partial charge in [-0.3, -0.25) is 4.79 Å². The smallest absolute Gasteiger partial charge is 0.185 e. The van der Waals surface area contributed by atoms with Gasteiger partial charge in [-0.25, -0.2) is 0 Å². The molecule has 4 nitrogen and oxygen atoms in total. The molecular formula is C28H21N3O. The minimum atomic E-state index is -1.41. The average molecular weight is 415 g/mol. The molecule has 0 radical (unpaired) electrons. The highest BCUT2D eigenvalue weighted by Gasteiger charge is 2.63. The van der Waals surface area contributed by atoms with E-state index < -0.39 is 23.4 Å². The fourth-order valence-electron chi connectivity index (χ4n) is 5.15. The van der Waals surface area contributed by atoms with Gasteiger partial charge in [-0.2, -0.15) is 10.5 Å². The third-order valence-corrected chi connectivity index (χ3v) is 6.68. The van der Waals surface area contributed by atoms with Crippen LogP contribution in [-0.4, -0.2) is 17.9 Å². The zero-order valence-corrected chi connectivity index (χ0v) is 17.6. The Morgan fingerprint density at radius 2 is 1.56 bits per heavy atom. The van der Waals surface area contributed by atoms with Crippen LogP contribution in [0.4, 0.5) is 5.69 Å². The van der Waals surface area contributed by atoms with Crippen molar-refractivity contribution in [2.45, 2.75) is 24.9 Å². The van der Waals surface area contributed by atoms with Gasteiger partial charge in [0.1, 0.15) is 6.04 Å². The molecule has 0 aromatic heterocycles. The summed E-state index contributed by atoms with van der Waals surface area (Å²) in [6, 6.07) is 28.3. The van der Waals surface area contributed by atoms with Crippen LogP contribution in [0.1, 0.15) is 33.0 Å². The molecule has 2 aliphatic heterocycles. The number of carbonyl (C=O) groups excluding carboxylic acids is 1. The Kier molecular flexibility index (Phi) is 4.65. The molecule has 0 aliphatic carbocycles. The van der Waals surface area contributed by atoms with E-state index >= 15 is 0 Å². The Bertz CT molecular complexity index is 1280. The molecule has 4 heteroatoms. The molecule has 2 heterocycles. The number of Topliss-reactive ketones (excluding diaryl/α,β-unsaturated/α-hetero) is 1. The van der Waals surface area contributed by atoms with Gasteiger partial charge >= 0.3 is 0 Å². The highest BCUT2D eigenvalue weighted by molar-refractivity contribution is 6.04.